The summed E-state index contributed by atoms with van der Waals surface area (Å²) in [7, 11) is -3.82. The molecule has 2 rings (SSSR count). The molecule has 0 heterocycles. The predicted octanol–water partition coefficient (Wildman–Crippen LogP) is 2.26. The molecule has 0 spiro atoms. The highest BCUT2D eigenvalue weighted by molar-refractivity contribution is 7.89. The Morgan fingerprint density at radius 3 is 2.48 bits per heavy atom. The fraction of sp³-hybridized carbons (Fsp3) is 0.571. The molecule has 0 aliphatic heterocycles. The maximum absolute atomic E-state index is 12.4. The van der Waals surface area contributed by atoms with Crippen molar-refractivity contribution in [3.63, 3.8) is 0 Å². The molecule has 9 heteroatoms. The van der Waals surface area contributed by atoms with Crippen LogP contribution in [0, 0.1) is 17.0 Å². The molecule has 0 bridgehead atoms. The number of nitrogens with two attached hydrogens (primary N) is 1. The molecule has 0 unspecified atom stereocenters. The number of halogens is 1. The molecule has 0 saturated heterocycles. The van der Waals surface area contributed by atoms with Gasteiger partial charge in [0.2, 0.25) is 10.0 Å². The number of hydrogen-bond donors (Lipinski definition) is 2. The lowest BCUT2D eigenvalue weighted by Gasteiger charge is -2.33. The number of nitrogens with one attached hydrogen (secondary N) is 1. The van der Waals surface area contributed by atoms with Crippen LogP contribution in [0.1, 0.15) is 37.7 Å². The van der Waals surface area contributed by atoms with E-state index in [9.17, 15) is 18.5 Å². The van der Waals surface area contributed by atoms with E-state index in [1.165, 1.54) is 25.1 Å². The van der Waals surface area contributed by atoms with Crippen molar-refractivity contribution in [2.24, 2.45) is 5.73 Å². The van der Waals surface area contributed by atoms with Crippen molar-refractivity contribution in [1.82, 2.24) is 4.72 Å². The third-order valence-electron chi connectivity index (χ3n) is 4.21. The molecule has 23 heavy (non-hydrogen) atoms. The second-order valence-electron chi connectivity index (χ2n) is 5.90. The zero-order chi connectivity index (χ0) is 16.4. The van der Waals surface area contributed by atoms with Crippen LogP contribution in [0.2, 0.25) is 0 Å². The average molecular weight is 364 g/mol. The van der Waals surface area contributed by atoms with E-state index < -0.39 is 20.5 Å². The smallest absolute Gasteiger partial charge is 0.273 e. The summed E-state index contributed by atoms with van der Waals surface area (Å²) < 4.78 is 27.4. The zero-order valence-electron chi connectivity index (χ0n) is 12.9. The van der Waals surface area contributed by atoms with Gasteiger partial charge >= 0.3 is 0 Å². The lowest BCUT2D eigenvalue weighted by Crippen LogP contribution is -2.51. The molecule has 1 aliphatic rings. The van der Waals surface area contributed by atoms with Crippen LogP contribution in [0.4, 0.5) is 5.69 Å². The second-order valence-corrected chi connectivity index (χ2v) is 7.64. The standard InChI is InChI=1S/C14H21N3O4S.ClH/c1-11-12(17(18)19)6-5-7-13(11)22(20,21)16-10-14(15)8-3-2-4-9-14;/h5-7,16H,2-4,8-10,15H2,1H3;1H. The van der Waals surface area contributed by atoms with Gasteiger partial charge in [0.15, 0.2) is 0 Å². The van der Waals surface area contributed by atoms with Crippen molar-refractivity contribution in [3.05, 3.63) is 33.9 Å². The molecule has 0 radical (unpaired) electrons. The molecule has 3 N–H and O–H groups in total. The van der Waals surface area contributed by atoms with Gasteiger partial charge in [-0.25, -0.2) is 13.1 Å². The first kappa shape index (κ1) is 19.8. The maximum Gasteiger partial charge on any atom is 0.273 e. The van der Waals surface area contributed by atoms with Crippen LogP contribution in [0.3, 0.4) is 0 Å². The molecule has 7 nitrogen and oxygen atoms in total. The molecule has 1 aromatic rings. The lowest BCUT2D eigenvalue weighted by molar-refractivity contribution is -0.385. The molecular formula is C14H22ClN3O4S. The van der Waals surface area contributed by atoms with E-state index in [1.807, 2.05) is 0 Å². The minimum Gasteiger partial charge on any atom is -0.324 e. The first-order valence-electron chi connectivity index (χ1n) is 7.28. The highest BCUT2D eigenvalue weighted by Gasteiger charge is 2.30. The second kappa shape index (κ2) is 7.57. The fourth-order valence-electron chi connectivity index (χ4n) is 2.84. The maximum atomic E-state index is 12.4. The number of nitro groups is 1. The third kappa shape index (κ3) is 4.63. The van der Waals surface area contributed by atoms with Gasteiger partial charge < -0.3 is 5.73 Å². The number of rotatable bonds is 5. The van der Waals surface area contributed by atoms with E-state index in [1.54, 1.807) is 0 Å². The van der Waals surface area contributed by atoms with E-state index in [2.05, 4.69) is 4.72 Å². The summed E-state index contributed by atoms with van der Waals surface area (Å²) >= 11 is 0. The average Bonchev–Trinajstić information content (AvgIpc) is 2.46. The number of nitrogens with zero attached hydrogens (tertiary/aromatic N) is 1. The van der Waals surface area contributed by atoms with E-state index in [4.69, 9.17) is 5.73 Å². The Bertz CT molecular complexity index is 673. The Labute approximate surface area is 142 Å². The van der Waals surface area contributed by atoms with Gasteiger partial charge in [-0.15, -0.1) is 12.4 Å². The Kier molecular flexibility index (Phi) is 6.52. The number of sulfonamides is 1. The summed E-state index contributed by atoms with van der Waals surface area (Å²) in [5.41, 5.74) is 5.63. The van der Waals surface area contributed by atoms with Gasteiger partial charge in [-0.1, -0.05) is 25.3 Å². The Hall–Kier alpha value is -1.22. The summed E-state index contributed by atoms with van der Waals surface area (Å²) in [4.78, 5) is 10.3. The number of benzene rings is 1. The van der Waals surface area contributed by atoms with Gasteiger partial charge in [-0.3, -0.25) is 10.1 Å². The lowest BCUT2D eigenvalue weighted by atomic mass is 9.83. The molecule has 130 valence electrons. The minimum absolute atomic E-state index is 0. The molecule has 1 saturated carbocycles. The predicted molar refractivity (Wildman–Crippen MR) is 90.3 cm³/mol. The van der Waals surface area contributed by atoms with Crippen molar-refractivity contribution < 1.29 is 13.3 Å². The van der Waals surface area contributed by atoms with Crippen LogP contribution < -0.4 is 10.5 Å². The SMILES string of the molecule is Cc1c([N+](=O)[O-])cccc1S(=O)(=O)NCC1(N)CCCCC1.Cl. The molecule has 1 aliphatic carbocycles. The molecule has 0 atom stereocenters. The van der Waals surface area contributed by atoms with Gasteiger partial charge in [-0.05, 0) is 25.8 Å². The van der Waals surface area contributed by atoms with Crippen molar-refractivity contribution in [2.45, 2.75) is 49.5 Å². The van der Waals surface area contributed by atoms with Gasteiger partial charge in [0.1, 0.15) is 0 Å². The third-order valence-corrected chi connectivity index (χ3v) is 5.75. The van der Waals surface area contributed by atoms with Gasteiger partial charge in [0.25, 0.3) is 5.69 Å². The number of hydrogen-bond acceptors (Lipinski definition) is 5. The summed E-state index contributed by atoms with van der Waals surface area (Å²) in [6.45, 7) is 1.59. The van der Waals surface area contributed by atoms with Crippen LogP contribution in [-0.4, -0.2) is 25.4 Å². The van der Waals surface area contributed by atoms with Crippen LogP contribution in [0.5, 0.6) is 0 Å². The van der Waals surface area contributed by atoms with Crippen molar-refractivity contribution in [3.8, 4) is 0 Å². The molecular weight excluding hydrogens is 342 g/mol. The summed E-state index contributed by atoms with van der Waals surface area (Å²) in [6, 6.07) is 4.03. The van der Waals surface area contributed by atoms with Crippen LogP contribution in [0.25, 0.3) is 0 Å². The first-order chi connectivity index (χ1) is 10.3. The normalized spacial score (nSPS) is 17.3. The number of nitro benzene ring substituents is 1. The topological polar surface area (TPSA) is 115 Å². The van der Waals surface area contributed by atoms with Crippen LogP contribution >= 0.6 is 12.4 Å². The first-order valence-corrected chi connectivity index (χ1v) is 8.76. The fourth-order valence-corrected chi connectivity index (χ4v) is 4.24. The Morgan fingerprint density at radius 1 is 1.30 bits per heavy atom. The monoisotopic (exact) mass is 363 g/mol. The largest absolute Gasteiger partial charge is 0.324 e. The van der Waals surface area contributed by atoms with Crippen LogP contribution in [0.15, 0.2) is 23.1 Å². The Morgan fingerprint density at radius 2 is 1.91 bits per heavy atom. The van der Waals surface area contributed by atoms with E-state index in [0.29, 0.717) is 0 Å². The highest BCUT2D eigenvalue weighted by Crippen LogP contribution is 2.27. The Balaban J connectivity index is 0.00000264. The van der Waals surface area contributed by atoms with E-state index in [-0.39, 0.29) is 35.1 Å². The van der Waals surface area contributed by atoms with Gasteiger partial charge in [0, 0.05) is 23.7 Å². The van der Waals surface area contributed by atoms with Gasteiger partial charge in [-0.2, -0.15) is 0 Å². The quantitative estimate of drug-likeness (QED) is 0.615. The molecule has 1 fully saturated rings. The zero-order valence-corrected chi connectivity index (χ0v) is 14.6. The van der Waals surface area contributed by atoms with E-state index in [0.717, 1.165) is 32.1 Å². The van der Waals surface area contributed by atoms with Gasteiger partial charge in [0.05, 0.1) is 9.82 Å². The highest BCUT2D eigenvalue weighted by atomic mass is 35.5. The molecule has 0 amide bonds. The summed E-state index contributed by atoms with van der Waals surface area (Å²) in [5.74, 6) is 0. The summed E-state index contributed by atoms with van der Waals surface area (Å²) in [5, 5.41) is 10.9. The van der Waals surface area contributed by atoms with Crippen molar-refractivity contribution in [1.29, 1.82) is 0 Å². The van der Waals surface area contributed by atoms with Crippen molar-refractivity contribution >= 4 is 28.1 Å². The molecule has 1 aromatic carbocycles. The van der Waals surface area contributed by atoms with E-state index >= 15 is 0 Å². The van der Waals surface area contributed by atoms with Crippen LogP contribution in [-0.2, 0) is 10.0 Å². The minimum atomic E-state index is -3.82. The van der Waals surface area contributed by atoms with Crippen molar-refractivity contribution in [2.75, 3.05) is 6.54 Å². The molecule has 0 aromatic heterocycles. The summed E-state index contributed by atoms with van der Waals surface area (Å²) in [6.07, 6.45) is 4.67.